The fourth-order valence-corrected chi connectivity index (χ4v) is 4.60. The molecule has 1 aliphatic heterocycles. The Morgan fingerprint density at radius 2 is 1.90 bits per heavy atom. The Hall–Kier alpha value is -4.08. The molecule has 1 aliphatic rings. The van der Waals surface area contributed by atoms with Gasteiger partial charge in [-0.3, -0.25) is 13.9 Å². The fourth-order valence-electron chi connectivity index (χ4n) is 4.60. The first kappa shape index (κ1) is 27.9. The Morgan fingerprint density at radius 3 is 2.56 bits per heavy atom. The molecule has 1 atom stereocenters. The monoisotopic (exact) mass is 534 g/mol. The number of nitrogens with one attached hydrogen (secondary N) is 1. The number of piperidine rings is 1. The predicted octanol–water partition coefficient (Wildman–Crippen LogP) is 3.98. The molecule has 10 nitrogen and oxygen atoms in total. The Kier molecular flexibility index (Phi) is 8.13. The summed E-state index contributed by atoms with van der Waals surface area (Å²) in [5.74, 6) is 0.586. The van der Waals surface area contributed by atoms with Gasteiger partial charge >= 0.3 is 11.8 Å². The number of alkyl carbamates (subject to hydrolysis) is 1. The quantitative estimate of drug-likeness (QED) is 0.480. The summed E-state index contributed by atoms with van der Waals surface area (Å²) in [5.41, 5.74) is 1.21. The van der Waals surface area contributed by atoms with Gasteiger partial charge in [0.2, 0.25) is 5.95 Å². The van der Waals surface area contributed by atoms with Crippen molar-refractivity contribution in [3.8, 4) is 0 Å². The molecular formula is C29H38N6O4. The Balaban J connectivity index is 1.79. The van der Waals surface area contributed by atoms with Crippen molar-refractivity contribution in [2.75, 3.05) is 18.0 Å². The van der Waals surface area contributed by atoms with Crippen molar-refractivity contribution in [2.24, 2.45) is 7.05 Å². The lowest BCUT2D eigenvalue weighted by atomic mass is 10.1. The van der Waals surface area contributed by atoms with Gasteiger partial charge in [-0.05, 0) is 59.1 Å². The van der Waals surface area contributed by atoms with E-state index < -0.39 is 22.9 Å². The highest BCUT2D eigenvalue weighted by Gasteiger charge is 2.29. The molecule has 3 heterocycles. The van der Waals surface area contributed by atoms with Gasteiger partial charge < -0.3 is 19.5 Å². The third-order valence-electron chi connectivity index (χ3n) is 6.48. The number of benzene rings is 1. The average molecular weight is 535 g/mol. The van der Waals surface area contributed by atoms with Crippen molar-refractivity contribution in [3.05, 3.63) is 68.4 Å². The maximum absolute atomic E-state index is 13.4. The first-order valence-electron chi connectivity index (χ1n) is 13.3. The van der Waals surface area contributed by atoms with E-state index >= 15 is 0 Å². The van der Waals surface area contributed by atoms with Crippen LogP contribution in [-0.2, 0) is 18.3 Å². The van der Waals surface area contributed by atoms with Crippen LogP contribution in [-0.4, -0.2) is 49.5 Å². The van der Waals surface area contributed by atoms with Crippen LogP contribution in [0.1, 0.15) is 53.0 Å². The van der Waals surface area contributed by atoms with Crippen LogP contribution in [0.2, 0.25) is 0 Å². The zero-order valence-corrected chi connectivity index (χ0v) is 23.6. The second-order valence-electron chi connectivity index (χ2n) is 11.2. The summed E-state index contributed by atoms with van der Waals surface area (Å²) in [6.45, 7) is 11.1. The molecule has 1 N–H and O–H groups in total. The van der Waals surface area contributed by atoms with E-state index in [2.05, 4.69) is 10.2 Å². The number of carbonyl (C=O) groups is 1. The summed E-state index contributed by atoms with van der Waals surface area (Å²) in [5, 5.41) is 2.97. The number of rotatable bonds is 6. The Labute approximate surface area is 228 Å². The molecule has 0 spiro atoms. The summed E-state index contributed by atoms with van der Waals surface area (Å²) >= 11 is 0. The minimum absolute atomic E-state index is 0.145. The fraction of sp³-hybridized carbons (Fsp3) is 0.448. The van der Waals surface area contributed by atoms with E-state index in [0.717, 1.165) is 28.5 Å². The minimum atomic E-state index is -0.590. The molecule has 1 amide bonds. The van der Waals surface area contributed by atoms with Crippen molar-refractivity contribution in [2.45, 2.75) is 65.6 Å². The topological polar surface area (TPSA) is 103 Å². The third-order valence-corrected chi connectivity index (χ3v) is 6.48. The molecular weight excluding hydrogens is 496 g/mol. The molecule has 3 aromatic rings. The SMILES string of the molecule is CC(C)=CCn1c(N2CCCC(NC(=O)OC(C)(C)C)C2)nc2c1c(=O)n(C)c(=O)n2C=Cc1ccccc1. The number of hydrogen-bond donors (Lipinski definition) is 1. The number of allylic oxidation sites excluding steroid dienone is 2. The first-order chi connectivity index (χ1) is 18.4. The summed E-state index contributed by atoms with van der Waals surface area (Å²) in [4.78, 5) is 46.0. The van der Waals surface area contributed by atoms with E-state index in [1.807, 2.05) is 81.7 Å². The Morgan fingerprint density at radius 1 is 1.18 bits per heavy atom. The number of anilines is 1. The number of fused-ring (bicyclic) bond motifs is 1. The lowest BCUT2D eigenvalue weighted by Gasteiger charge is -2.34. The van der Waals surface area contributed by atoms with E-state index in [0.29, 0.717) is 36.7 Å². The highest BCUT2D eigenvalue weighted by molar-refractivity contribution is 5.78. The zero-order valence-electron chi connectivity index (χ0n) is 23.6. The molecule has 1 fully saturated rings. The minimum Gasteiger partial charge on any atom is -0.444 e. The molecule has 1 aromatic carbocycles. The largest absolute Gasteiger partial charge is 0.444 e. The maximum atomic E-state index is 13.4. The van der Waals surface area contributed by atoms with E-state index in [-0.39, 0.29) is 6.04 Å². The molecule has 1 saturated heterocycles. The van der Waals surface area contributed by atoms with Crippen molar-refractivity contribution >= 4 is 35.5 Å². The second kappa shape index (κ2) is 11.3. The molecule has 208 valence electrons. The van der Waals surface area contributed by atoms with Gasteiger partial charge in [0.25, 0.3) is 5.56 Å². The molecule has 1 unspecified atom stereocenters. The number of hydrogen-bond acceptors (Lipinski definition) is 6. The van der Waals surface area contributed by atoms with Crippen LogP contribution in [0.4, 0.5) is 10.7 Å². The lowest BCUT2D eigenvalue weighted by molar-refractivity contribution is 0.0499. The number of aromatic nitrogens is 4. The number of ether oxygens (including phenoxy) is 1. The van der Waals surface area contributed by atoms with Crippen LogP contribution >= 0.6 is 0 Å². The van der Waals surface area contributed by atoms with E-state index in [9.17, 15) is 14.4 Å². The summed E-state index contributed by atoms with van der Waals surface area (Å²) in [7, 11) is 1.48. The number of carbonyl (C=O) groups excluding carboxylic acids is 1. The van der Waals surface area contributed by atoms with Crippen LogP contribution in [0, 0.1) is 0 Å². The number of amides is 1. The number of nitrogens with zero attached hydrogens (tertiary/aromatic N) is 5. The second-order valence-corrected chi connectivity index (χ2v) is 11.2. The van der Waals surface area contributed by atoms with Gasteiger partial charge in [-0.2, -0.15) is 4.98 Å². The summed E-state index contributed by atoms with van der Waals surface area (Å²) < 4.78 is 9.86. The van der Waals surface area contributed by atoms with Crippen LogP contribution < -0.4 is 21.5 Å². The summed E-state index contributed by atoms with van der Waals surface area (Å²) in [6, 6.07) is 9.49. The Bertz CT molecular complexity index is 1520. The standard InChI is InChI=1S/C29H38N6O4/c1-20(2)14-17-34-23-24(35(28(38)32(6)25(23)36)18-15-21-11-8-7-9-12-21)31-26(34)33-16-10-13-22(19-33)30-27(37)39-29(3,4)5/h7-9,11-12,14-15,18,22H,10,13,16-17,19H2,1-6H3,(H,30,37). The van der Waals surface area contributed by atoms with Crippen LogP contribution in [0.3, 0.4) is 0 Å². The van der Waals surface area contributed by atoms with Gasteiger partial charge in [-0.25, -0.2) is 9.59 Å². The lowest BCUT2D eigenvalue weighted by Crippen LogP contribution is -2.49. The van der Waals surface area contributed by atoms with Crippen LogP contribution in [0.5, 0.6) is 0 Å². The molecule has 10 heteroatoms. The smallest absolute Gasteiger partial charge is 0.407 e. The van der Waals surface area contributed by atoms with Crippen LogP contribution in [0.25, 0.3) is 23.4 Å². The van der Waals surface area contributed by atoms with E-state index in [4.69, 9.17) is 9.72 Å². The van der Waals surface area contributed by atoms with Gasteiger partial charge in [0.15, 0.2) is 11.2 Å². The normalized spacial score (nSPS) is 16.1. The van der Waals surface area contributed by atoms with Crippen molar-refractivity contribution in [1.82, 2.24) is 24.0 Å². The van der Waals surface area contributed by atoms with Gasteiger partial charge in [0, 0.05) is 38.9 Å². The van der Waals surface area contributed by atoms with Crippen molar-refractivity contribution < 1.29 is 9.53 Å². The molecule has 4 rings (SSSR count). The predicted molar refractivity (Wildman–Crippen MR) is 155 cm³/mol. The molecule has 0 radical (unpaired) electrons. The molecule has 0 aliphatic carbocycles. The van der Waals surface area contributed by atoms with Gasteiger partial charge in [-0.15, -0.1) is 0 Å². The number of imidazole rings is 1. The highest BCUT2D eigenvalue weighted by Crippen LogP contribution is 2.24. The van der Waals surface area contributed by atoms with Gasteiger partial charge in [-0.1, -0.05) is 42.0 Å². The zero-order chi connectivity index (χ0) is 28.3. The van der Waals surface area contributed by atoms with E-state index in [1.54, 1.807) is 6.20 Å². The van der Waals surface area contributed by atoms with Gasteiger partial charge in [0.1, 0.15) is 5.60 Å². The molecule has 0 saturated carbocycles. The van der Waals surface area contributed by atoms with Gasteiger partial charge in [0.05, 0.1) is 0 Å². The van der Waals surface area contributed by atoms with Crippen molar-refractivity contribution in [1.29, 1.82) is 0 Å². The van der Waals surface area contributed by atoms with Crippen LogP contribution in [0.15, 0.2) is 51.6 Å². The molecule has 2 aromatic heterocycles. The average Bonchev–Trinajstić information content (AvgIpc) is 3.25. The third kappa shape index (κ3) is 6.50. The molecule has 39 heavy (non-hydrogen) atoms. The van der Waals surface area contributed by atoms with Crippen molar-refractivity contribution in [3.63, 3.8) is 0 Å². The highest BCUT2D eigenvalue weighted by atomic mass is 16.6. The first-order valence-corrected chi connectivity index (χ1v) is 13.3. The maximum Gasteiger partial charge on any atom is 0.407 e. The van der Waals surface area contributed by atoms with E-state index in [1.165, 1.54) is 11.6 Å². The summed E-state index contributed by atoms with van der Waals surface area (Å²) in [6.07, 6.45) is 6.67. The molecule has 0 bridgehead atoms.